The number of fused-ring (bicyclic) bond motifs is 1. The first kappa shape index (κ1) is 19.8. The number of rotatable bonds is 5. The maximum absolute atomic E-state index is 12.5. The molecule has 1 heterocycles. The molecule has 0 spiro atoms. The fourth-order valence-electron chi connectivity index (χ4n) is 2.69. The average Bonchev–Trinajstić information content (AvgIpc) is 2.72. The summed E-state index contributed by atoms with van der Waals surface area (Å²) in [6.07, 6.45) is -1.23. The van der Waals surface area contributed by atoms with Gasteiger partial charge >= 0.3 is 12.0 Å². The van der Waals surface area contributed by atoms with E-state index in [2.05, 4.69) is 15.6 Å². The Morgan fingerprint density at radius 1 is 1.03 bits per heavy atom. The Labute approximate surface area is 165 Å². The first-order valence-corrected chi connectivity index (χ1v) is 8.89. The first-order chi connectivity index (χ1) is 13.9. The molecule has 3 N–H and O–H groups in total. The number of carbonyl (C=O) groups is 3. The van der Waals surface area contributed by atoms with E-state index in [1.807, 2.05) is 30.3 Å². The molecule has 0 aliphatic rings. The lowest BCUT2D eigenvalue weighted by molar-refractivity contribution is -0.127. The molecular weight excluding hydrogens is 374 g/mol. The number of amides is 3. The van der Waals surface area contributed by atoms with Crippen molar-refractivity contribution in [1.29, 1.82) is 0 Å². The number of nitrogens with one attached hydrogen (secondary N) is 3. The monoisotopic (exact) mass is 393 g/mol. The van der Waals surface area contributed by atoms with Crippen LogP contribution in [0.25, 0.3) is 10.9 Å². The van der Waals surface area contributed by atoms with Crippen molar-refractivity contribution in [2.75, 3.05) is 0 Å². The highest BCUT2D eigenvalue weighted by Crippen LogP contribution is 2.16. The van der Waals surface area contributed by atoms with E-state index < -0.39 is 29.6 Å². The second-order valence-corrected chi connectivity index (χ2v) is 6.30. The number of esters is 1. The van der Waals surface area contributed by atoms with Gasteiger partial charge in [-0.05, 0) is 18.6 Å². The van der Waals surface area contributed by atoms with Gasteiger partial charge in [0.15, 0.2) is 6.10 Å². The van der Waals surface area contributed by atoms with E-state index in [9.17, 15) is 19.2 Å². The fourth-order valence-corrected chi connectivity index (χ4v) is 2.69. The van der Waals surface area contributed by atoms with Crippen LogP contribution in [0.4, 0.5) is 4.79 Å². The summed E-state index contributed by atoms with van der Waals surface area (Å²) in [5.74, 6) is -1.61. The number of urea groups is 1. The van der Waals surface area contributed by atoms with E-state index in [1.165, 1.54) is 6.92 Å². The van der Waals surface area contributed by atoms with Crippen LogP contribution in [-0.2, 0) is 16.1 Å². The summed E-state index contributed by atoms with van der Waals surface area (Å²) in [5.41, 5.74) is 0.922. The van der Waals surface area contributed by atoms with Gasteiger partial charge in [0.2, 0.25) is 5.56 Å². The summed E-state index contributed by atoms with van der Waals surface area (Å²) in [7, 11) is 0. The van der Waals surface area contributed by atoms with Crippen LogP contribution in [0.15, 0.2) is 65.5 Å². The van der Waals surface area contributed by atoms with Gasteiger partial charge in [-0.3, -0.25) is 14.9 Å². The minimum absolute atomic E-state index is 0.0394. The lowest BCUT2D eigenvalue weighted by Crippen LogP contribution is -2.44. The van der Waals surface area contributed by atoms with Gasteiger partial charge in [-0.15, -0.1) is 0 Å². The standard InChI is InChI=1S/C21H19N3O5/c1-13(19(26)24-21(28)22-12-14-7-3-2-4-8-14)29-20(27)16-11-18(25)23-17-10-6-5-9-15(16)17/h2-11,13H,12H2,1H3,(H,23,25)(H2,22,24,26,28). The lowest BCUT2D eigenvalue weighted by Gasteiger charge is -2.14. The van der Waals surface area contributed by atoms with Crippen LogP contribution >= 0.6 is 0 Å². The van der Waals surface area contributed by atoms with Crippen molar-refractivity contribution in [2.24, 2.45) is 0 Å². The molecule has 1 atom stereocenters. The minimum atomic E-state index is -1.23. The summed E-state index contributed by atoms with van der Waals surface area (Å²) >= 11 is 0. The van der Waals surface area contributed by atoms with E-state index in [0.29, 0.717) is 10.9 Å². The molecule has 0 aliphatic carbocycles. The van der Waals surface area contributed by atoms with Gasteiger partial charge in [0, 0.05) is 23.5 Å². The summed E-state index contributed by atoms with van der Waals surface area (Å²) in [5, 5.41) is 5.16. The molecule has 3 amide bonds. The zero-order valence-corrected chi connectivity index (χ0v) is 15.6. The zero-order valence-electron chi connectivity index (χ0n) is 15.6. The Kier molecular flexibility index (Phi) is 6.03. The van der Waals surface area contributed by atoms with Gasteiger partial charge in [0.05, 0.1) is 5.56 Å². The van der Waals surface area contributed by atoms with Gasteiger partial charge in [-0.1, -0.05) is 48.5 Å². The summed E-state index contributed by atoms with van der Waals surface area (Å²) in [6.45, 7) is 1.58. The van der Waals surface area contributed by atoms with Crippen molar-refractivity contribution in [3.8, 4) is 0 Å². The van der Waals surface area contributed by atoms with Gasteiger partial charge in [-0.2, -0.15) is 0 Å². The number of ether oxygens (including phenoxy) is 1. The fraction of sp³-hybridized carbons (Fsp3) is 0.143. The maximum atomic E-state index is 12.5. The largest absolute Gasteiger partial charge is 0.449 e. The molecule has 0 aliphatic heterocycles. The van der Waals surface area contributed by atoms with Gasteiger partial charge in [-0.25, -0.2) is 9.59 Å². The first-order valence-electron chi connectivity index (χ1n) is 8.89. The van der Waals surface area contributed by atoms with Crippen LogP contribution in [0.5, 0.6) is 0 Å². The minimum Gasteiger partial charge on any atom is -0.449 e. The number of pyridine rings is 1. The Hall–Kier alpha value is -3.94. The van der Waals surface area contributed by atoms with E-state index >= 15 is 0 Å². The Morgan fingerprint density at radius 3 is 2.48 bits per heavy atom. The number of imide groups is 1. The molecule has 1 unspecified atom stereocenters. The highest BCUT2D eigenvalue weighted by molar-refractivity contribution is 6.04. The number of aromatic amines is 1. The Balaban J connectivity index is 1.60. The van der Waals surface area contributed by atoms with Crippen molar-refractivity contribution in [3.05, 3.63) is 82.1 Å². The second kappa shape index (κ2) is 8.83. The summed E-state index contributed by atoms with van der Waals surface area (Å²) < 4.78 is 5.14. The molecule has 8 nitrogen and oxygen atoms in total. The molecule has 1 aromatic heterocycles. The highest BCUT2D eigenvalue weighted by Gasteiger charge is 2.22. The van der Waals surface area contributed by atoms with Crippen molar-refractivity contribution in [3.63, 3.8) is 0 Å². The number of benzene rings is 2. The lowest BCUT2D eigenvalue weighted by atomic mass is 10.1. The molecule has 2 aromatic carbocycles. The number of para-hydroxylation sites is 1. The number of H-pyrrole nitrogens is 1. The summed E-state index contributed by atoms with van der Waals surface area (Å²) in [6, 6.07) is 16.3. The molecule has 0 saturated heterocycles. The molecule has 29 heavy (non-hydrogen) atoms. The van der Waals surface area contributed by atoms with Crippen molar-refractivity contribution < 1.29 is 19.1 Å². The van der Waals surface area contributed by atoms with E-state index in [-0.39, 0.29) is 12.1 Å². The van der Waals surface area contributed by atoms with E-state index in [1.54, 1.807) is 24.3 Å². The van der Waals surface area contributed by atoms with Crippen LogP contribution in [0.3, 0.4) is 0 Å². The number of hydrogen-bond acceptors (Lipinski definition) is 5. The quantitative estimate of drug-likeness (QED) is 0.574. The third-order valence-corrected chi connectivity index (χ3v) is 4.16. The summed E-state index contributed by atoms with van der Waals surface area (Å²) in [4.78, 5) is 50.9. The predicted octanol–water partition coefficient (Wildman–Crippen LogP) is 2.10. The zero-order chi connectivity index (χ0) is 20.8. The number of carbonyl (C=O) groups excluding carboxylic acids is 3. The van der Waals surface area contributed by atoms with Crippen LogP contribution in [0, 0.1) is 0 Å². The normalized spacial score (nSPS) is 11.5. The molecule has 3 aromatic rings. The smallest absolute Gasteiger partial charge is 0.339 e. The van der Waals surface area contributed by atoms with Crippen molar-refractivity contribution in [2.45, 2.75) is 19.6 Å². The van der Waals surface area contributed by atoms with Crippen LogP contribution in [0.2, 0.25) is 0 Å². The number of hydrogen-bond donors (Lipinski definition) is 3. The third-order valence-electron chi connectivity index (χ3n) is 4.16. The molecule has 8 heteroatoms. The SMILES string of the molecule is CC(OC(=O)c1cc(=O)[nH]c2ccccc12)C(=O)NC(=O)NCc1ccccc1. The van der Waals surface area contributed by atoms with Crippen molar-refractivity contribution in [1.82, 2.24) is 15.6 Å². The van der Waals surface area contributed by atoms with Crippen LogP contribution < -0.4 is 16.2 Å². The molecular formula is C21H19N3O5. The molecule has 0 bridgehead atoms. The third kappa shape index (κ3) is 5.07. The topological polar surface area (TPSA) is 117 Å². The average molecular weight is 393 g/mol. The Bertz CT molecular complexity index is 1110. The predicted molar refractivity (Wildman–Crippen MR) is 106 cm³/mol. The van der Waals surface area contributed by atoms with Gasteiger partial charge in [0.1, 0.15) is 0 Å². The number of aromatic nitrogens is 1. The molecule has 3 rings (SSSR count). The van der Waals surface area contributed by atoms with Crippen molar-refractivity contribution >= 4 is 28.8 Å². The molecule has 0 fully saturated rings. The molecule has 0 radical (unpaired) electrons. The van der Waals surface area contributed by atoms with E-state index in [0.717, 1.165) is 11.6 Å². The van der Waals surface area contributed by atoms with Gasteiger partial charge < -0.3 is 15.0 Å². The van der Waals surface area contributed by atoms with Crippen LogP contribution in [0.1, 0.15) is 22.8 Å². The second-order valence-electron chi connectivity index (χ2n) is 6.30. The highest BCUT2D eigenvalue weighted by atomic mass is 16.5. The molecule has 0 saturated carbocycles. The maximum Gasteiger partial charge on any atom is 0.339 e. The van der Waals surface area contributed by atoms with Gasteiger partial charge in [0.25, 0.3) is 5.91 Å². The van der Waals surface area contributed by atoms with E-state index in [4.69, 9.17) is 4.74 Å². The van der Waals surface area contributed by atoms with Crippen LogP contribution in [-0.4, -0.2) is 29.0 Å². The Morgan fingerprint density at radius 2 is 1.72 bits per heavy atom. The molecule has 148 valence electrons.